The number of aromatic nitrogens is 2. The number of hydrogen-bond acceptors (Lipinski definition) is 7. The number of amides is 1. The van der Waals surface area contributed by atoms with Crippen molar-refractivity contribution in [1.29, 1.82) is 0 Å². The van der Waals surface area contributed by atoms with E-state index in [0.29, 0.717) is 54.4 Å². The predicted molar refractivity (Wildman–Crippen MR) is 121 cm³/mol. The molecule has 1 amide bonds. The van der Waals surface area contributed by atoms with E-state index in [4.69, 9.17) is 32.4 Å². The van der Waals surface area contributed by atoms with Gasteiger partial charge in [-0.3, -0.25) is 0 Å². The van der Waals surface area contributed by atoms with Crippen LogP contribution in [0, 0.1) is 25.3 Å². The molecule has 0 spiro atoms. The van der Waals surface area contributed by atoms with Crippen LogP contribution in [0.2, 0.25) is 5.02 Å². The van der Waals surface area contributed by atoms with Crippen molar-refractivity contribution >= 4 is 34.9 Å². The van der Waals surface area contributed by atoms with Gasteiger partial charge in [0.15, 0.2) is 5.69 Å². The number of hydrogen-bond donors (Lipinski definition) is 1. The number of fused-ring (bicyclic) bond motifs is 2. The lowest BCUT2D eigenvalue weighted by atomic mass is 9.84. The number of ether oxygens (including phenoxy) is 3. The molecule has 1 aromatic carbocycles. The Labute approximate surface area is 196 Å². The third-order valence-electron chi connectivity index (χ3n) is 6.17. The van der Waals surface area contributed by atoms with Crippen molar-refractivity contribution in [3.05, 3.63) is 46.5 Å². The average Bonchev–Trinajstić information content (AvgIpc) is 3.61. The molecule has 9 nitrogen and oxygen atoms in total. The number of anilines is 2. The fraction of sp³-hybridized carbons (Fsp3) is 0.478. The summed E-state index contributed by atoms with van der Waals surface area (Å²) in [4.78, 5) is 26.3. The molecule has 1 aromatic heterocycles. The maximum Gasteiger partial charge on any atom is 0.410 e. The zero-order valence-electron chi connectivity index (χ0n) is 18.2. The fourth-order valence-electron chi connectivity index (χ4n) is 4.25. The summed E-state index contributed by atoms with van der Waals surface area (Å²) in [6.07, 6.45) is 3.09. The summed E-state index contributed by atoms with van der Waals surface area (Å²) in [5.74, 6) is 1.12. The van der Waals surface area contributed by atoms with Crippen LogP contribution in [0.25, 0.3) is 4.85 Å². The monoisotopic (exact) mass is 469 g/mol. The van der Waals surface area contributed by atoms with E-state index in [-0.39, 0.29) is 30.1 Å². The van der Waals surface area contributed by atoms with E-state index in [1.54, 1.807) is 23.1 Å². The first-order valence-corrected chi connectivity index (χ1v) is 11.3. The molecule has 3 heterocycles. The molecule has 1 saturated carbocycles. The van der Waals surface area contributed by atoms with Crippen molar-refractivity contribution in [1.82, 2.24) is 14.9 Å². The van der Waals surface area contributed by atoms with Crippen molar-refractivity contribution < 1.29 is 19.0 Å². The van der Waals surface area contributed by atoms with Gasteiger partial charge in [-0.15, -0.1) is 0 Å². The van der Waals surface area contributed by atoms with Crippen LogP contribution >= 0.6 is 11.6 Å². The zero-order valence-corrected chi connectivity index (χ0v) is 18.9. The largest absolute Gasteiger partial charge is 0.473 e. The highest BCUT2D eigenvalue weighted by Crippen LogP contribution is 2.35. The van der Waals surface area contributed by atoms with Gasteiger partial charge < -0.3 is 24.4 Å². The minimum atomic E-state index is -0.237. The Morgan fingerprint density at radius 2 is 2.03 bits per heavy atom. The third-order valence-corrected chi connectivity index (χ3v) is 6.49. The maximum atomic E-state index is 12.5. The second-order valence-electron chi connectivity index (χ2n) is 8.68. The minimum absolute atomic E-state index is 0.0330. The first kappa shape index (κ1) is 21.7. The van der Waals surface area contributed by atoms with Crippen molar-refractivity contribution in [3.8, 4) is 5.88 Å². The van der Waals surface area contributed by atoms with Crippen LogP contribution in [0.15, 0.2) is 24.5 Å². The molecule has 2 unspecified atom stereocenters. The molecule has 3 aliphatic rings. The normalized spacial score (nSPS) is 24.0. The Kier molecular flexibility index (Phi) is 5.96. The highest BCUT2D eigenvalue weighted by molar-refractivity contribution is 6.33. The van der Waals surface area contributed by atoms with Crippen LogP contribution in [0.5, 0.6) is 5.88 Å². The molecule has 172 valence electrons. The van der Waals surface area contributed by atoms with Crippen LogP contribution < -0.4 is 10.1 Å². The van der Waals surface area contributed by atoms with E-state index in [2.05, 4.69) is 20.1 Å². The van der Waals surface area contributed by atoms with Gasteiger partial charge in [0.05, 0.1) is 36.1 Å². The molecule has 1 aliphatic carbocycles. The van der Waals surface area contributed by atoms with Crippen LogP contribution in [-0.2, 0) is 9.47 Å². The quantitative estimate of drug-likeness (QED) is 0.650. The van der Waals surface area contributed by atoms with Gasteiger partial charge in [-0.1, -0.05) is 17.7 Å². The Bertz CT molecular complexity index is 1090. The topological polar surface area (TPSA) is 90.2 Å². The van der Waals surface area contributed by atoms with E-state index in [1.807, 2.05) is 6.92 Å². The van der Waals surface area contributed by atoms with Gasteiger partial charge in [0.1, 0.15) is 24.4 Å². The molecule has 2 aromatic rings. The molecule has 5 rings (SSSR count). The van der Waals surface area contributed by atoms with Crippen LogP contribution in [-0.4, -0.2) is 59.5 Å². The summed E-state index contributed by atoms with van der Waals surface area (Å²) in [6, 6.07) is 5.04. The molecule has 2 atom stereocenters. The first-order chi connectivity index (χ1) is 16.0. The number of nitrogens with one attached hydrogen (secondary N) is 1. The smallest absolute Gasteiger partial charge is 0.410 e. The standard InChI is InChI=1S/C23H24ClN5O4/c1-13-21(28-19-6-3-16(25-2)7-18(19)24)26-12-27-22(13)33-20-14-8-29(9-15(20)11-31-10-14)23(30)32-17-4-5-17/h3,6-7,12,14-15,17,20H,4-5,8-11H2,1H3,(H,26,27,28). The van der Waals surface area contributed by atoms with Crippen LogP contribution in [0.4, 0.5) is 22.0 Å². The van der Waals surface area contributed by atoms with E-state index in [9.17, 15) is 4.79 Å². The molecule has 2 aliphatic heterocycles. The van der Waals surface area contributed by atoms with E-state index in [0.717, 1.165) is 18.4 Å². The lowest BCUT2D eigenvalue weighted by molar-refractivity contribution is -0.110. The highest BCUT2D eigenvalue weighted by Gasteiger charge is 2.45. The molecule has 2 saturated heterocycles. The molecule has 2 bridgehead atoms. The molecular formula is C23H24ClN5O4. The van der Waals surface area contributed by atoms with Crippen LogP contribution in [0.1, 0.15) is 18.4 Å². The third kappa shape index (κ3) is 4.68. The number of carbonyl (C=O) groups is 1. The molecular weight excluding hydrogens is 446 g/mol. The molecule has 10 heteroatoms. The summed E-state index contributed by atoms with van der Waals surface area (Å²) in [7, 11) is 0. The molecule has 1 N–H and O–H groups in total. The Morgan fingerprint density at radius 3 is 2.70 bits per heavy atom. The van der Waals surface area contributed by atoms with Gasteiger partial charge in [-0.2, -0.15) is 0 Å². The first-order valence-electron chi connectivity index (χ1n) is 11.0. The maximum absolute atomic E-state index is 12.5. The van der Waals surface area contributed by atoms with Crippen molar-refractivity contribution in [2.75, 3.05) is 31.6 Å². The Balaban J connectivity index is 1.30. The number of benzene rings is 1. The lowest BCUT2D eigenvalue weighted by Crippen LogP contribution is -2.58. The number of likely N-dealkylation sites (tertiary alicyclic amines) is 1. The Hall–Kier alpha value is -3.09. The van der Waals surface area contributed by atoms with Crippen molar-refractivity contribution in [2.45, 2.75) is 32.0 Å². The average molecular weight is 470 g/mol. The predicted octanol–water partition coefficient (Wildman–Crippen LogP) is 4.36. The van der Waals surface area contributed by atoms with Gasteiger partial charge in [0.2, 0.25) is 5.88 Å². The van der Waals surface area contributed by atoms with Gasteiger partial charge in [-0.05, 0) is 31.9 Å². The number of carbonyl (C=O) groups excluding carboxylic acids is 1. The summed E-state index contributed by atoms with van der Waals surface area (Å²) in [6.45, 7) is 11.1. The fourth-order valence-corrected chi connectivity index (χ4v) is 4.48. The number of nitrogens with zero attached hydrogens (tertiary/aromatic N) is 4. The van der Waals surface area contributed by atoms with Crippen molar-refractivity contribution in [3.63, 3.8) is 0 Å². The minimum Gasteiger partial charge on any atom is -0.473 e. The summed E-state index contributed by atoms with van der Waals surface area (Å²) in [5.41, 5.74) is 1.86. The van der Waals surface area contributed by atoms with Gasteiger partial charge in [-0.25, -0.2) is 19.6 Å². The van der Waals surface area contributed by atoms with E-state index >= 15 is 0 Å². The van der Waals surface area contributed by atoms with Gasteiger partial charge in [0, 0.05) is 24.9 Å². The second kappa shape index (κ2) is 9.04. The molecule has 0 radical (unpaired) electrons. The Morgan fingerprint density at radius 1 is 1.27 bits per heavy atom. The zero-order chi connectivity index (χ0) is 22.9. The van der Waals surface area contributed by atoms with Crippen molar-refractivity contribution in [2.24, 2.45) is 11.8 Å². The molecule has 3 fully saturated rings. The number of halogens is 1. The summed E-state index contributed by atoms with van der Waals surface area (Å²) < 4.78 is 17.6. The van der Waals surface area contributed by atoms with Gasteiger partial charge in [0.25, 0.3) is 0 Å². The molecule has 33 heavy (non-hydrogen) atoms. The number of piperidine rings is 1. The second-order valence-corrected chi connectivity index (χ2v) is 9.09. The SMILES string of the molecule is [C-]#[N+]c1ccc(Nc2ncnc(OC3C4COCC3CN(C(=O)OC3CC3)C4)c2C)c(Cl)c1. The summed E-state index contributed by atoms with van der Waals surface area (Å²) >= 11 is 6.31. The highest BCUT2D eigenvalue weighted by atomic mass is 35.5. The number of rotatable bonds is 5. The summed E-state index contributed by atoms with van der Waals surface area (Å²) in [5, 5.41) is 3.64. The van der Waals surface area contributed by atoms with E-state index in [1.165, 1.54) is 6.33 Å². The lowest BCUT2D eigenvalue weighted by Gasteiger charge is -2.45. The van der Waals surface area contributed by atoms with Gasteiger partial charge >= 0.3 is 6.09 Å². The van der Waals surface area contributed by atoms with Crippen LogP contribution in [0.3, 0.4) is 0 Å². The van der Waals surface area contributed by atoms with E-state index < -0.39 is 0 Å².